The van der Waals surface area contributed by atoms with Gasteiger partial charge in [0.2, 0.25) is 11.8 Å². The van der Waals surface area contributed by atoms with Gasteiger partial charge in [0.1, 0.15) is 11.5 Å². The van der Waals surface area contributed by atoms with Crippen LogP contribution in [0.3, 0.4) is 0 Å². The molecule has 35 heavy (non-hydrogen) atoms. The Bertz CT molecular complexity index is 1000. The molecule has 0 atom stereocenters. The summed E-state index contributed by atoms with van der Waals surface area (Å²) in [5, 5.41) is 4.61. The lowest BCUT2D eigenvalue weighted by Gasteiger charge is -2.42. The van der Waals surface area contributed by atoms with Gasteiger partial charge in [0, 0.05) is 55.0 Å². The lowest BCUT2D eigenvalue weighted by Crippen LogP contribution is -2.48. The molecule has 0 N–H and O–H groups in total. The van der Waals surface area contributed by atoms with Gasteiger partial charge in [0.05, 0.1) is 12.3 Å². The zero-order valence-electron chi connectivity index (χ0n) is 20.9. The third kappa shape index (κ3) is 6.57. The van der Waals surface area contributed by atoms with Crippen LogP contribution in [-0.2, 0) is 16.0 Å². The molecule has 0 bridgehead atoms. The van der Waals surface area contributed by atoms with Crippen molar-refractivity contribution in [1.82, 2.24) is 15.0 Å². The maximum absolute atomic E-state index is 13.2. The number of likely N-dealkylation sites (tertiary alicyclic amines) is 2. The molecular formula is C27H36ClN3O4. The molecule has 2 aromatic rings. The first-order valence-corrected chi connectivity index (χ1v) is 13.1. The summed E-state index contributed by atoms with van der Waals surface area (Å²) < 4.78 is 11.4. The number of aromatic nitrogens is 1. The minimum Gasteiger partial charge on any atom is -0.493 e. The monoisotopic (exact) mass is 501 g/mol. The molecule has 2 aliphatic heterocycles. The molecule has 8 heteroatoms. The largest absolute Gasteiger partial charge is 0.493 e. The summed E-state index contributed by atoms with van der Waals surface area (Å²) in [4.78, 5) is 30.1. The number of ether oxygens (including phenoxy) is 1. The van der Waals surface area contributed by atoms with Gasteiger partial charge in [-0.3, -0.25) is 9.59 Å². The number of rotatable bonds is 8. The highest BCUT2D eigenvalue weighted by molar-refractivity contribution is 6.30. The Labute approximate surface area is 212 Å². The van der Waals surface area contributed by atoms with Crippen LogP contribution in [0.25, 0.3) is 0 Å². The third-order valence-electron chi connectivity index (χ3n) is 7.52. The van der Waals surface area contributed by atoms with Gasteiger partial charge in [-0.15, -0.1) is 0 Å². The summed E-state index contributed by atoms with van der Waals surface area (Å²) in [6.07, 6.45) is 6.34. The molecule has 4 rings (SSSR count). The van der Waals surface area contributed by atoms with Crippen molar-refractivity contribution >= 4 is 23.4 Å². The fourth-order valence-electron chi connectivity index (χ4n) is 5.22. The second-order valence-corrected chi connectivity index (χ2v) is 10.5. The van der Waals surface area contributed by atoms with Crippen molar-refractivity contribution in [2.24, 2.45) is 5.41 Å². The average Bonchev–Trinajstić information content (AvgIpc) is 3.19. The van der Waals surface area contributed by atoms with E-state index in [2.05, 4.69) is 5.16 Å². The fourth-order valence-corrected chi connectivity index (χ4v) is 5.40. The number of piperidine rings is 2. The van der Waals surface area contributed by atoms with Gasteiger partial charge in [-0.25, -0.2) is 0 Å². The van der Waals surface area contributed by atoms with E-state index in [9.17, 15) is 9.59 Å². The second-order valence-electron chi connectivity index (χ2n) is 10.0. The van der Waals surface area contributed by atoms with Gasteiger partial charge in [0.15, 0.2) is 0 Å². The third-order valence-corrected chi connectivity index (χ3v) is 7.76. The fraction of sp³-hybridized carbons (Fsp3) is 0.593. The van der Waals surface area contributed by atoms with Crippen LogP contribution in [0.4, 0.5) is 0 Å². The van der Waals surface area contributed by atoms with E-state index in [0.29, 0.717) is 49.7 Å². The first-order chi connectivity index (χ1) is 16.8. The molecule has 7 nitrogen and oxygen atoms in total. The summed E-state index contributed by atoms with van der Waals surface area (Å²) in [5.74, 6) is 1.83. The first-order valence-electron chi connectivity index (χ1n) is 12.7. The van der Waals surface area contributed by atoms with Gasteiger partial charge in [-0.1, -0.05) is 22.8 Å². The van der Waals surface area contributed by atoms with E-state index < -0.39 is 0 Å². The average molecular weight is 502 g/mol. The number of nitrogens with zero attached hydrogens (tertiary/aromatic N) is 3. The summed E-state index contributed by atoms with van der Waals surface area (Å²) in [7, 11) is 0. The number of carbonyl (C=O) groups is 2. The molecule has 2 fully saturated rings. The van der Waals surface area contributed by atoms with Gasteiger partial charge >= 0.3 is 0 Å². The molecule has 190 valence electrons. The molecule has 0 unspecified atom stereocenters. The smallest absolute Gasteiger partial charge is 0.223 e. The number of aryl methyl sites for hydroxylation is 2. The molecule has 2 aliphatic rings. The van der Waals surface area contributed by atoms with Crippen LogP contribution < -0.4 is 4.74 Å². The number of halogens is 1. The Morgan fingerprint density at radius 2 is 1.77 bits per heavy atom. The Kier molecular flexibility index (Phi) is 8.37. The number of carbonyl (C=O) groups excluding carboxylic acids is 2. The van der Waals surface area contributed by atoms with Crippen LogP contribution in [0, 0.1) is 19.3 Å². The van der Waals surface area contributed by atoms with E-state index >= 15 is 0 Å². The summed E-state index contributed by atoms with van der Waals surface area (Å²) in [6.45, 7) is 7.18. The molecular weight excluding hydrogens is 466 g/mol. The normalized spacial score (nSPS) is 17.9. The zero-order chi connectivity index (χ0) is 24.8. The lowest BCUT2D eigenvalue weighted by molar-refractivity contribution is -0.138. The summed E-state index contributed by atoms with van der Waals surface area (Å²) in [5.41, 5.74) is 1.57. The predicted molar refractivity (Wildman–Crippen MR) is 135 cm³/mol. The molecule has 0 radical (unpaired) electrons. The summed E-state index contributed by atoms with van der Waals surface area (Å²) in [6, 6.07) is 7.37. The van der Waals surface area contributed by atoms with Gasteiger partial charge in [-0.2, -0.15) is 0 Å². The topological polar surface area (TPSA) is 75.9 Å². The molecule has 1 aromatic carbocycles. The Hall–Kier alpha value is -2.54. The van der Waals surface area contributed by atoms with Gasteiger partial charge < -0.3 is 19.1 Å². The Morgan fingerprint density at radius 1 is 1.06 bits per heavy atom. The first kappa shape index (κ1) is 25.5. The van der Waals surface area contributed by atoms with Crippen LogP contribution in [-0.4, -0.2) is 59.6 Å². The van der Waals surface area contributed by atoms with Crippen molar-refractivity contribution in [2.45, 2.75) is 65.2 Å². The van der Waals surface area contributed by atoms with E-state index in [1.807, 2.05) is 41.8 Å². The maximum Gasteiger partial charge on any atom is 0.223 e. The van der Waals surface area contributed by atoms with E-state index in [4.69, 9.17) is 20.9 Å². The van der Waals surface area contributed by atoms with E-state index in [-0.39, 0.29) is 17.2 Å². The number of hydrogen-bond acceptors (Lipinski definition) is 5. The highest BCUT2D eigenvalue weighted by Gasteiger charge is 2.39. The Morgan fingerprint density at radius 3 is 2.43 bits per heavy atom. The molecule has 1 aromatic heterocycles. The predicted octanol–water partition coefficient (Wildman–Crippen LogP) is 4.97. The van der Waals surface area contributed by atoms with Crippen LogP contribution in [0.1, 0.15) is 62.0 Å². The number of benzene rings is 1. The van der Waals surface area contributed by atoms with Gasteiger partial charge in [0.25, 0.3) is 0 Å². The minimum atomic E-state index is -0.296. The van der Waals surface area contributed by atoms with Crippen molar-refractivity contribution in [2.75, 3.05) is 32.8 Å². The molecule has 2 amide bonds. The highest BCUT2D eigenvalue weighted by atomic mass is 35.5. The van der Waals surface area contributed by atoms with Gasteiger partial charge in [-0.05, 0) is 70.6 Å². The van der Waals surface area contributed by atoms with Crippen LogP contribution in [0.2, 0.25) is 5.02 Å². The van der Waals surface area contributed by atoms with Crippen LogP contribution in [0.15, 0.2) is 28.8 Å². The maximum atomic E-state index is 13.2. The molecule has 3 heterocycles. The van der Waals surface area contributed by atoms with E-state index in [0.717, 1.165) is 55.8 Å². The standard InChI is InChI=1S/C27H36ClN3O4/c1-20-24(21(2)35-29-20)9-10-25(32)31-15-11-27(12-16-31,18-26(33)30-13-4-3-5-14-30)19-34-23-8-6-7-22(28)17-23/h6-8,17H,3-5,9-16,18-19H2,1-2H3. The van der Waals surface area contributed by atoms with E-state index in [1.165, 1.54) is 6.42 Å². The lowest BCUT2D eigenvalue weighted by atomic mass is 9.75. The number of amides is 2. The van der Waals surface area contributed by atoms with Crippen molar-refractivity contribution in [3.05, 3.63) is 46.3 Å². The van der Waals surface area contributed by atoms with Crippen molar-refractivity contribution in [3.8, 4) is 5.75 Å². The number of hydrogen-bond donors (Lipinski definition) is 0. The quantitative estimate of drug-likeness (QED) is 0.510. The highest BCUT2D eigenvalue weighted by Crippen LogP contribution is 2.37. The van der Waals surface area contributed by atoms with E-state index in [1.54, 1.807) is 6.07 Å². The summed E-state index contributed by atoms with van der Waals surface area (Å²) >= 11 is 6.13. The molecule has 0 spiro atoms. The zero-order valence-corrected chi connectivity index (χ0v) is 21.6. The van der Waals surface area contributed by atoms with Crippen molar-refractivity contribution in [3.63, 3.8) is 0 Å². The van der Waals surface area contributed by atoms with Crippen LogP contribution in [0.5, 0.6) is 5.75 Å². The van der Waals surface area contributed by atoms with Crippen molar-refractivity contribution in [1.29, 1.82) is 0 Å². The minimum absolute atomic E-state index is 0.136. The molecule has 0 saturated carbocycles. The van der Waals surface area contributed by atoms with Crippen LogP contribution >= 0.6 is 11.6 Å². The second kappa shape index (κ2) is 11.5. The SMILES string of the molecule is Cc1noc(C)c1CCC(=O)N1CCC(COc2cccc(Cl)c2)(CC(=O)N2CCCCC2)CC1. The molecule has 2 saturated heterocycles. The Balaban J connectivity index is 1.38. The van der Waals surface area contributed by atoms with Crippen molar-refractivity contribution < 1.29 is 18.8 Å². The molecule has 0 aliphatic carbocycles.